The largest absolute Gasteiger partial charge is 0.463 e. The van der Waals surface area contributed by atoms with Crippen LogP contribution in [0.25, 0.3) is 0 Å². The van der Waals surface area contributed by atoms with Crippen LogP contribution in [-0.2, 0) is 0 Å². The van der Waals surface area contributed by atoms with E-state index in [1.54, 1.807) is 6.07 Å². The number of hydrogen-bond donors (Lipinski definition) is 1. The number of nitrogens with one attached hydrogen (secondary N) is 1. The third-order valence-electron chi connectivity index (χ3n) is 3.06. The zero-order chi connectivity index (χ0) is 12.8. The minimum atomic E-state index is 0.308. The lowest BCUT2D eigenvalue weighted by Gasteiger charge is -2.23. The Kier molecular flexibility index (Phi) is 4.48. The van der Waals surface area contributed by atoms with Gasteiger partial charge in [-0.15, -0.1) is 0 Å². The zero-order valence-corrected chi connectivity index (χ0v) is 10.6. The summed E-state index contributed by atoms with van der Waals surface area (Å²) in [6, 6.07) is 4.50. The first-order valence-corrected chi connectivity index (χ1v) is 6.40. The van der Waals surface area contributed by atoms with Crippen LogP contribution in [0, 0.1) is 18.3 Å². The van der Waals surface area contributed by atoms with Crippen molar-refractivity contribution in [3.63, 3.8) is 0 Å². The minimum Gasteiger partial charge on any atom is -0.463 e. The Morgan fingerprint density at radius 2 is 2.39 bits per heavy atom. The van der Waals surface area contributed by atoms with Gasteiger partial charge >= 0.3 is 6.01 Å². The second kappa shape index (κ2) is 6.31. The summed E-state index contributed by atoms with van der Waals surface area (Å²) in [5, 5.41) is 12.3. The molecule has 1 aliphatic heterocycles. The molecule has 0 saturated carbocycles. The fourth-order valence-corrected chi connectivity index (χ4v) is 2.13. The maximum absolute atomic E-state index is 8.81. The molecule has 18 heavy (non-hydrogen) atoms. The summed E-state index contributed by atoms with van der Waals surface area (Å²) >= 11 is 0. The van der Waals surface area contributed by atoms with Crippen LogP contribution >= 0.6 is 0 Å². The Balaban J connectivity index is 1.82. The van der Waals surface area contributed by atoms with E-state index in [-0.39, 0.29) is 0 Å². The molecule has 1 unspecified atom stereocenters. The summed E-state index contributed by atoms with van der Waals surface area (Å²) in [6.45, 7) is 3.52. The average molecular weight is 246 g/mol. The lowest BCUT2D eigenvalue weighted by atomic mass is 10.0. The van der Waals surface area contributed by atoms with Gasteiger partial charge in [-0.1, -0.05) is 6.42 Å². The van der Waals surface area contributed by atoms with Crippen molar-refractivity contribution >= 4 is 0 Å². The van der Waals surface area contributed by atoms with E-state index in [9.17, 15) is 0 Å². The van der Waals surface area contributed by atoms with Crippen molar-refractivity contribution in [3.05, 3.63) is 17.5 Å². The molecular weight excluding hydrogens is 228 g/mol. The highest BCUT2D eigenvalue weighted by Gasteiger charge is 2.12. The molecule has 1 atom stereocenters. The van der Waals surface area contributed by atoms with E-state index in [2.05, 4.69) is 15.3 Å². The van der Waals surface area contributed by atoms with Gasteiger partial charge in [0, 0.05) is 11.7 Å². The SMILES string of the molecule is Cc1cc(C#N)nc(OCCC2CCCCN2)n1. The summed E-state index contributed by atoms with van der Waals surface area (Å²) in [5.41, 5.74) is 1.11. The summed E-state index contributed by atoms with van der Waals surface area (Å²) in [4.78, 5) is 8.18. The van der Waals surface area contributed by atoms with Gasteiger partial charge in [0.15, 0.2) is 0 Å². The number of aromatic nitrogens is 2. The number of hydrogen-bond acceptors (Lipinski definition) is 5. The van der Waals surface area contributed by atoms with E-state index < -0.39 is 0 Å². The van der Waals surface area contributed by atoms with Gasteiger partial charge in [-0.25, -0.2) is 4.98 Å². The number of piperidine rings is 1. The monoisotopic (exact) mass is 246 g/mol. The van der Waals surface area contributed by atoms with Crippen LogP contribution in [0.5, 0.6) is 6.01 Å². The molecule has 1 N–H and O–H groups in total. The smallest absolute Gasteiger partial charge is 0.317 e. The first-order chi connectivity index (χ1) is 8.78. The van der Waals surface area contributed by atoms with Crippen LogP contribution in [0.3, 0.4) is 0 Å². The van der Waals surface area contributed by atoms with Crippen molar-refractivity contribution in [2.24, 2.45) is 0 Å². The van der Waals surface area contributed by atoms with Crippen LogP contribution in [0.4, 0.5) is 0 Å². The Hall–Kier alpha value is -1.67. The third-order valence-corrected chi connectivity index (χ3v) is 3.06. The van der Waals surface area contributed by atoms with Gasteiger partial charge in [-0.3, -0.25) is 0 Å². The molecule has 0 aromatic carbocycles. The minimum absolute atomic E-state index is 0.308. The average Bonchev–Trinajstić information content (AvgIpc) is 2.39. The molecule has 0 spiro atoms. The lowest BCUT2D eigenvalue weighted by Crippen LogP contribution is -2.35. The maximum atomic E-state index is 8.81. The molecule has 2 heterocycles. The molecule has 0 amide bonds. The quantitative estimate of drug-likeness (QED) is 0.873. The number of nitriles is 1. The Bertz CT molecular complexity index is 435. The summed E-state index contributed by atoms with van der Waals surface area (Å²) in [5.74, 6) is 0. The van der Waals surface area contributed by atoms with E-state index in [1.807, 2.05) is 13.0 Å². The van der Waals surface area contributed by atoms with Crippen LogP contribution in [0.15, 0.2) is 6.07 Å². The molecule has 1 aromatic rings. The van der Waals surface area contributed by atoms with E-state index >= 15 is 0 Å². The molecule has 1 aliphatic rings. The van der Waals surface area contributed by atoms with Crippen LogP contribution < -0.4 is 10.1 Å². The van der Waals surface area contributed by atoms with Gasteiger partial charge in [0.2, 0.25) is 0 Å². The molecular formula is C13H18N4O. The topological polar surface area (TPSA) is 70.8 Å². The van der Waals surface area contributed by atoms with Crippen LogP contribution in [0.2, 0.25) is 0 Å². The van der Waals surface area contributed by atoms with Gasteiger partial charge in [-0.05, 0) is 38.8 Å². The van der Waals surface area contributed by atoms with Crippen molar-refractivity contribution in [1.29, 1.82) is 5.26 Å². The highest BCUT2D eigenvalue weighted by molar-refractivity contribution is 5.23. The van der Waals surface area contributed by atoms with Gasteiger partial charge in [0.25, 0.3) is 0 Å². The Morgan fingerprint density at radius 1 is 1.50 bits per heavy atom. The predicted molar refractivity (Wildman–Crippen MR) is 67.2 cm³/mol. The molecule has 1 saturated heterocycles. The second-order valence-electron chi connectivity index (χ2n) is 4.57. The maximum Gasteiger partial charge on any atom is 0.317 e. The van der Waals surface area contributed by atoms with Crippen molar-refractivity contribution in [1.82, 2.24) is 15.3 Å². The van der Waals surface area contributed by atoms with Crippen molar-refractivity contribution in [3.8, 4) is 12.1 Å². The second-order valence-corrected chi connectivity index (χ2v) is 4.57. The van der Waals surface area contributed by atoms with E-state index in [0.717, 1.165) is 18.7 Å². The Morgan fingerprint density at radius 3 is 3.11 bits per heavy atom. The van der Waals surface area contributed by atoms with Gasteiger partial charge < -0.3 is 10.1 Å². The van der Waals surface area contributed by atoms with Gasteiger partial charge in [0.05, 0.1) is 6.61 Å². The third kappa shape index (κ3) is 3.67. The van der Waals surface area contributed by atoms with Gasteiger partial charge in [-0.2, -0.15) is 10.2 Å². The number of aryl methyl sites for hydroxylation is 1. The normalized spacial score (nSPS) is 19.2. The lowest BCUT2D eigenvalue weighted by molar-refractivity contribution is 0.251. The fraction of sp³-hybridized carbons (Fsp3) is 0.615. The molecule has 1 fully saturated rings. The van der Waals surface area contributed by atoms with Crippen molar-refractivity contribution in [2.45, 2.75) is 38.6 Å². The number of nitrogens with zero attached hydrogens (tertiary/aromatic N) is 3. The van der Waals surface area contributed by atoms with Crippen LogP contribution in [0.1, 0.15) is 37.1 Å². The van der Waals surface area contributed by atoms with E-state index in [4.69, 9.17) is 10.00 Å². The molecule has 2 rings (SSSR count). The summed E-state index contributed by atoms with van der Waals surface area (Å²) in [7, 11) is 0. The highest BCUT2D eigenvalue weighted by atomic mass is 16.5. The first kappa shape index (κ1) is 12.8. The molecule has 0 aliphatic carbocycles. The van der Waals surface area contributed by atoms with Crippen LogP contribution in [-0.4, -0.2) is 29.2 Å². The number of ether oxygens (including phenoxy) is 1. The van der Waals surface area contributed by atoms with Gasteiger partial charge in [0.1, 0.15) is 11.8 Å². The molecule has 5 heteroatoms. The zero-order valence-electron chi connectivity index (χ0n) is 10.6. The molecule has 0 radical (unpaired) electrons. The predicted octanol–water partition coefficient (Wildman–Crippen LogP) is 1.57. The molecule has 1 aromatic heterocycles. The molecule has 96 valence electrons. The Labute approximate surface area is 107 Å². The van der Waals surface area contributed by atoms with E-state index in [0.29, 0.717) is 24.4 Å². The molecule has 0 bridgehead atoms. The first-order valence-electron chi connectivity index (χ1n) is 6.40. The number of rotatable bonds is 4. The highest BCUT2D eigenvalue weighted by Crippen LogP contribution is 2.11. The van der Waals surface area contributed by atoms with Crippen molar-refractivity contribution in [2.75, 3.05) is 13.2 Å². The van der Waals surface area contributed by atoms with E-state index in [1.165, 1.54) is 19.3 Å². The summed E-state index contributed by atoms with van der Waals surface area (Å²) in [6.07, 6.45) is 4.72. The molecule has 5 nitrogen and oxygen atoms in total. The van der Waals surface area contributed by atoms with Crippen molar-refractivity contribution < 1.29 is 4.74 Å². The fourth-order valence-electron chi connectivity index (χ4n) is 2.13. The standard InChI is InChI=1S/C13H18N4O/c1-10-8-12(9-14)17-13(16-10)18-7-5-11-4-2-3-6-15-11/h8,11,15H,2-7H2,1H3. The summed E-state index contributed by atoms with van der Waals surface area (Å²) < 4.78 is 5.52.